The molecule has 0 amide bonds. The molecule has 0 radical (unpaired) electrons. The van der Waals surface area contributed by atoms with Gasteiger partial charge in [0.1, 0.15) is 5.82 Å². The van der Waals surface area contributed by atoms with E-state index in [1.54, 1.807) is 0 Å². The number of sulfonamides is 1. The van der Waals surface area contributed by atoms with E-state index in [-0.39, 0.29) is 16.1 Å². The van der Waals surface area contributed by atoms with Gasteiger partial charge < -0.3 is 9.90 Å². The standard InChI is InChI=1S/C13H10FNO4S/c14-10-3-5-11(6-4-10)15-20(18,19)12-7-1-9(2-8-12)13(16)17/h1-8,15H,(H,16,17)/p-1. The summed E-state index contributed by atoms with van der Waals surface area (Å²) in [4.78, 5) is 10.5. The molecular weight excluding hydrogens is 285 g/mol. The van der Waals surface area contributed by atoms with Gasteiger partial charge in [-0.05, 0) is 42.0 Å². The van der Waals surface area contributed by atoms with Gasteiger partial charge in [-0.15, -0.1) is 0 Å². The predicted octanol–water partition coefficient (Wildman–Crippen LogP) is 0.990. The monoisotopic (exact) mass is 294 g/mol. The van der Waals surface area contributed by atoms with Crippen molar-refractivity contribution in [3.63, 3.8) is 0 Å². The van der Waals surface area contributed by atoms with E-state index >= 15 is 0 Å². The number of hydrogen-bond donors (Lipinski definition) is 1. The van der Waals surface area contributed by atoms with E-state index in [9.17, 15) is 22.7 Å². The Balaban J connectivity index is 2.26. The molecule has 20 heavy (non-hydrogen) atoms. The molecule has 0 bridgehead atoms. The highest BCUT2D eigenvalue weighted by atomic mass is 32.2. The van der Waals surface area contributed by atoms with E-state index in [0.29, 0.717) is 0 Å². The van der Waals surface area contributed by atoms with Crippen LogP contribution in [0.15, 0.2) is 53.4 Å². The van der Waals surface area contributed by atoms with Crippen LogP contribution < -0.4 is 9.83 Å². The maximum absolute atomic E-state index is 12.7. The number of hydrogen-bond acceptors (Lipinski definition) is 4. The zero-order chi connectivity index (χ0) is 14.8. The molecule has 0 unspecified atom stereocenters. The highest BCUT2D eigenvalue weighted by molar-refractivity contribution is 7.92. The van der Waals surface area contributed by atoms with Gasteiger partial charge in [0.15, 0.2) is 0 Å². The summed E-state index contributed by atoms with van der Waals surface area (Å²) in [5, 5.41) is 10.6. The van der Waals surface area contributed by atoms with Crippen molar-refractivity contribution in [3.05, 3.63) is 59.9 Å². The zero-order valence-corrected chi connectivity index (χ0v) is 10.9. The molecule has 5 nitrogen and oxygen atoms in total. The van der Waals surface area contributed by atoms with Gasteiger partial charge in [0, 0.05) is 5.69 Å². The fraction of sp³-hybridized carbons (Fsp3) is 0. The first kappa shape index (κ1) is 14.0. The summed E-state index contributed by atoms with van der Waals surface area (Å²) in [6, 6.07) is 9.37. The fourth-order valence-corrected chi connectivity index (χ4v) is 2.56. The molecule has 0 fully saturated rings. The molecule has 2 aromatic carbocycles. The van der Waals surface area contributed by atoms with Crippen LogP contribution in [0, 0.1) is 5.82 Å². The molecule has 0 spiro atoms. The van der Waals surface area contributed by atoms with Crippen LogP contribution in [0.1, 0.15) is 10.4 Å². The molecule has 0 aliphatic rings. The molecule has 1 N–H and O–H groups in total. The highest BCUT2D eigenvalue weighted by Gasteiger charge is 2.14. The normalized spacial score (nSPS) is 11.1. The van der Waals surface area contributed by atoms with Crippen LogP contribution in [0.4, 0.5) is 10.1 Å². The zero-order valence-electron chi connectivity index (χ0n) is 10.0. The smallest absolute Gasteiger partial charge is 0.261 e. The third kappa shape index (κ3) is 3.12. The highest BCUT2D eigenvalue weighted by Crippen LogP contribution is 2.16. The van der Waals surface area contributed by atoms with Crippen LogP contribution in [0.3, 0.4) is 0 Å². The van der Waals surface area contributed by atoms with Gasteiger partial charge in [-0.3, -0.25) is 4.72 Å². The van der Waals surface area contributed by atoms with E-state index < -0.39 is 21.8 Å². The lowest BCUT2D eigenvalue weighted by Crippen LogP contribution is -2.22. The van der Waals surface area contributed by atoms with E-state index in [1.807, 2.05) is 0 Å². The molecule has 0 saturated carbocycles. The SMILES string of the molecule is O=C([O-])c1ccc(S(=O)(=O)Nc2ccc(F)cc2)cc1. The van der Waals surface area contributed by atoms with Gasteiger partial charge in [0.2, 0.25) is 0 Å². The number of rotatable bonds is 4. The minimum atomic E-state index is -3.85. The largest absolute Gasteiger partial charge is 0.545 e. The van der Waals surface area contributed by atoms with Crippen LogP contribution in [0.25, 0.3) is 0 Å². The van der Waals surface area contributed by atoms with Crippen molar-refractivity contribution in [2.24, 2.45) is 0 Å². The number of carboxylic acids is 1. The number of carbonyl (C=O) groups is 1. The van der Waals surface area contributed by atoms with Crippen molar-refractivity contribution in [1.82, 2.24) is 0 Å². The molecule has 0 atom stereocenters. The van der Waals surface area contributed by atoms with Gasteiger partial charge >= 0.3 is 0 Å². The molecule has 0 heterocycles. The van der Waals surface area contributed by atoms with Crippen molar-refractivity contribution in [2.75, 3.05) is 4.72 Å². The van der Waals surface area contributed by atoms with E-state index in [2.05, 4.69) is 4.72 Å². The van der Waals surface area contributed by atoms with Crippen LogP contribution >= 0.6 is 0 Å². The van der Waals surface area contributed by atoms with E-state index in [1.165, 1.54) is 12.1 Å². The maximum Gasteiger partial charge on any atom is 0.261 e. The van der Waals surface area contributed by atoms with Crippen LogP contribution in [-0.4, -0.2) is 14.4 Å². The Morgan fingerprint density at radius 2 is 1.55 bits per heavy atom. The molecule has 0 aliphatic carbocycles. The summed E-state index contributed by atoms with van der Waals surface area (Å²) in [5.41, 5.74) is 0.0844. The number of anilines is 1. The average Bonchev–Trinajstić information content (AvgIpc) is 2.41. The number of halogens is 1. The summed E-state index contributed by atoms with van der Waals surface area (Å²) in [5.74, 6) is -1.87. The Morgan fingerprint density at radius 1 is 1.00 bits per heavy atom. The Morgan fingerprint density at radius 3 is 2.05 bits per heavy atom. The van der Waals surface area contributed by atoms with Crippen LogP contribution in [0.5, 0.6) is 0 Å². The lowest BCUT2D eigenvalue weighted by molar-refractivity contribution is -0.255. The van der Waals surface area contributed by atoms with E-state index in [0.717, 1.165) is 36.4 Å². The van der Waals surface area contributed by atoms with Crippen molar-refractivity contribution in [3.8, 4) is 0 Å². The van der Waals surface area contributed by atoms with Gasteiger partial charge in [0.25, 0.3) is 10.0 Å². The molecule has 104 valence electrons. The molecule has 0 aliphatic heterocycles. The average molecular weight is 294 g/mol. The van der Waals surface area contributed by atoms with Gasteiger partial charge in [-0.25, -0.2) is 12.8 Å². The molecule has 2 aromatic rings. The molecule has 7 heteroatoms. The van der Waals surface area contributed by atoms with Gasteiger partial charge in [-0.2, -0.15) is 0 Å². The minimum Gasteiger partial charge on any atom is -0.545 e. The summed E-state index contributed by atoms with van der Waals surface area (Å²) in [6.07, 6.45) is 0. The molecule has 0 aromatic heterocycles. The van der Waals surface area contributed by atoms with Crippen molar-refractivity contribution >= 4 is 21.7 Å². The first-order valence-corrected chi connectivity index (χ1v) is 6.96. The van der Waals surface area contributed by atoms with Crippen LogP contribution in [0.2, 0.25) is 0 Å². The fourth-order valence-electron chi connectivity index (χ4n) is 1.50. The second-order valence-electron chi connectivity index (χ2n) is 3.92. The van der Waals surface area contributed by atoms with E-state index in [4.69, 9.17) is 0 Å². The second-order valence-corrected chi connectivity index (χ2v) is 5.61. The summed E-state index contributed by atoms with van der Waals surface area (Å²) >= 11 is 0. The lowest BCUT2D eigenvalue weighted by Gasteiger charge is -2.09. The van der Waals surface area contributed by atoms with Crippen molar-refractivity contribution in [1.29, 1.82) is 0 Å². The lowest BCUT2D eigenvalue weighted by atomic mass is 10.2. The maximum atomic E-state index is 12.7. The first-order chi connectivity index (χ1) is 9.38. The number of carbonyl (C=O) groups excluding carboxylic acids is 1. The Hall–Kier alpha value is -2.41. The minimum absolute atomic E-state index is 0.105. The first-order valence-electron chi connectivity index (χ1n) is 5.48. The summed E-state index contributed by atoms with van der Waals surface area (Å²) in [7, 11) is -3.85. The van der Waals surface area contributed by atoms with Crippen molar-refractivity contribution in [2.45, 2.75) is 4.90 Å². The Kier molecular flexibility index (Phi) is 3.71. The Bertz CT molecular complexity index is 724. The number of aromatic carboxylic acids is 1. The third-order valence-corrected chi connectivity index (χ3v) is 3.89. The third-order valence-electron chi connectivity index (χ3n) is 2.50. The van der Waals surface area contributed by atoms with Gasteiger partial charge in [-0.1, -0.05) is 12.1 Å². The molecule has 0 saturated heterocycles. The van der Waals surface area contributed by atoms with Crippen molar-refractivity contribution < 1.29 is 22.7 Å². The molecule has 2 rings (SSSR count). The molecular formula is C13H9FNO4S-. The topological polar surface area (TPSA) is 86.3 Å². The Labute approximate surface area is 114 Å². The predicted molar refractivity (Wildman–Crippen MR) is 68.0 cm³/mol. The van der Waals surface area contributed by atoms with Gasteiger partial charge in [0.05, 0.1) is 10.9 Å². The van der Waals surface area contributed by atoms with Crippen LogP contribution in [-0.2, 0) is 10.0 Å². The number of benzene rings is 2. The second kappa shape index (κ2) is 5.30. The summed E-state index contributed by atoms with van der Waals surface area (Å²) in [6.45, 7) is 0. The number of nitrogens with one attached hydrogen (secondary N) is 1. The summed E-state index contributed by atoms with van der Waals surface area (Å²) < 4.78 is 39.0. The number of carboxylic acid groups (broad SMARTS) is 1. The quantitative estimate of drug-likeness (QED) is 0.911.